The van der Waals surface area contributed by atoms with Crippen LogP contribution in [0, 0.1) is 0 Å². The zero-order valence-electron chi connectivity index (χ0n) is 16.3. The SMILES string of the molecule is CC1CC2(CC(C)N1C(=O)OC(C)(C)C)OCCc1cc(C(F)(F)F)sc12. The Morgan fingerprint density at radius 2 is 1.85 bits per heavy atom. The first-order valence-corrected chi connectivity index (χ1v) is 10.00. The largest absolute Gasteiger partial charge is 0.444 e. The Bertz CT molecular complexity index is 711. The van der Waals surface area contributed by atoms with Crippen LogP contribution in [0.1, 0.15) is 62.8 Å². The van der Waals surface area contributed by atoms with E-state index in [1.807, 2.05) is 34.6 Å². The van der Waals surface area contributed by atoms with Gasteiger partial charge in [0.2, 0.25) is 0 Å². The minimum Gasteiger partial charge on any atom is -0.444 e. The highest BCUT2D eigenvalue weighted by molar-refractivity contribution is 7.12. The molecule has 1 aromatic rings. The Morgan fingerprint density at radius 3 is 2.37 bits per heavy atom. The molecule has 0 aliphatic carbocycles. The average Bonchev–Trinajstić information content (AvgIpc) is 2.90. The molecule has 2 aliphatic rings. The summed E-state index contributed by atoms with van der Waals surface area (Å²) in [7, 11) is 0. The van der Waals surface area contributed by atoms with Gasteiger partial charge in [-0.3, -0.25) is 0 Å². The third-order valence-corrected chi connectivity index (χ3v) is 6.46. The van der Waals surface area contributed by atoms with Crippen LogP contribution in [-0.2, 0) is 27.7 Å². The van der Waals surface area contributed by atoms with Gasteiger partial charge in [0.05, 0.1) is 6.61 Å². The Hall–Kier alpha value is -1.28. The first-order chi connectivity index (χ1) is 12.3. The van der Waals surface area contributed by atoms with Gasteiger partial charge in [0, 0.05) is 29.8 Å². The van der Waals surface area contributed by atoms with Crippen LogP contribution in [0.2, 0.25) is 0 Å². The first-order valence-electron chi connectivity index (χ1n) is 9.18. The lowest BCUT2D eigenvalue weighted by atomic mass is 9.79. The second-order valence-corrected chi connectivity index (χ2v) is 9.60. The van der Waals surface area contributed by atoms with Crippen molar-refractivity contribution in [2.75, 3.05) is 6.61 Å². The average molecular weight is 405 g/mol. The van der Waals surface area contributed by atoms with Gasteiger partial charge in [-0.05, 0) is 52.7 Å². The summed E-state index contributed by atoms with van der Waals surface area (Å²) in [6.07, 6.45) is -3.33. The molecule has 2 aliphatic heterocycles. The van der Waals surface area contributed by atoms with E-state index >= 15 is 0 Å². The zero-order chi connectivity index (χ0) is 20.2. The number of fused-ring (bicyclic) bond motifs is 2. The Balaban J connectivity index is 1.89. The lowest BCUT2D eigenvalue weighted by molar-refractivity contribution is -0.134. The van der Waals surface area contributed by atoms with Crippen LogP contribution in [0.4, 0.5) is 18.0 Å². The van der Waals surface area contributed by atoms with Crippen molar-refractivity contribution in [1.29, 1.82) is 0 Å². The molecule has 0 aromatic carbocycles. The van der Waals surface area contributed by atoms with Crippen molar-refractivity contribution in [3.8, 4) is 0 Å². The molecule has 0 saturated carbocycles. The van der Waals surface area contributed by atoms with Gasteiger partial charge in [0.1, 0.15) is 16.1 Å². The highest BCUT2D eigenvalue weighted by atomic mass is 32.1. The summed E-state index contributed by atoms with van der Waals surface area (Å²) in [5.74, 6) is 0. The Kier molecular flexibility index (Phi) is 5.04. The Morgan fingerprint density at radius 1 is 1.26 bits per heavy atom. The maximum Gasteiger partial charge on any atom is 0.425 e. The lowest BCUT2D eigenvalue weighted by Gasteiger charge is -2.50. The second-order valence-electron chi connectivity index (χ2n) is 8.55. The minimum absolute atomic E-state index is 0.203. The number of likely N-dealkylation sites (tertiary alicyclic amines) is 1. The van der Waals surface area contributed by atoms with Gasteiger partial charge >= 0.3 is 12.3 Å². The molecular formula is C19H26F3NO3S. The quantitative estimate of drug-likeness (QED) is 0.585. The summed E-state index contributed by atoms with van der Waals surface area (Å²) >= 11 is 0.787. The van der Waals surface area contributed by atoms with Gasteiger partial charge < -0.3 is 14.4 Å². The summed E-state index contributed by atoms with van der Waals surface area (Å²) < 4.78 is 51.2. The summed E-state index contributed by atoms with van der Waals surface area (Å²) in [5, 5.41) is 0. The number of hydrogen-bond acceptors (Lipinski definition) is 4. The van der Waals surface area contributed by atoms with Crippen molar-refractivity contribution in [2.45, 2.75) is 83.3 Å². The molecule has 3 rings (SSSR count). The number of ether oxygens (including phenoxy) is 2. The van der Waals surface area contributed by atoms with E-state index in [4.69, 9.17) is 9.47 Å². The molecule has 0 bridgehead atoms. The maximum atomic E-state index is 13.2. The van der Waals surface area contributed by atoms with Crippen LogP contribution in [0.5, 0.6) is 0 Å². The predicted molar refractivity (Wildman–Crippen MR) is 96.9 cm³/mol. The van der Waals surface area contributed by atoms with Crippen molar-refractivity contribution in [1.82, 2.24) is 4.90 Å². The molecule has 1 saturated heterocycles. The summed E-state index contributed by atoms with van der Waals surface area (Å²) in [6, 6.07) is 0.858. The fourth-order valence-electron chi connectivity index (χ4n) is 4.21. The van der Waals surface area contributed by atoms with Crippen molar-refractivity contribution in [2.24, 2.45) is 0 Å². The molecule has 8 heteroatoms. The van der Waals surface area contributed by atoms with Gasteiger partial charge in [-0.2, -0.15) is 13.2 Å². The molecule has 152 valence electrons. The van der Waals surface area contributed by atoms with Crippen molar-refractivity contribution in [3.05, 3.63) is 21.4 Å². The molecule has 1 fully saturated rings. The minimum atomic E-state index is -4.35. The van der Waals surface area contributed by atoms with Crippen LogP contribution >= 0.6 is 11.3 Å². The van der Waals surface area contributed by atoms with Crippen molar-refractivity contribution >= 4 is 17.4 Å². The van der Waals surface area contributed by atoms with Crippen molar-refractivity contribution in [3.63, 3.8) is 0 Å². The van der Waals surface area contributed by atoms with E-state index in [-0.39, 0.29) is 12.1 Å². The number of hydrogen-bond donors (Lipinski definition) is 0. The normalized spacial score (nSPS) is 29.0. The fraction of sp³-hybridized carbons (Fsp3) is 0.737. The monoisotopic (exact) mass is 405 g/mol. The van der Waals surface area contributed by atoms with E-state index in [9.17, 15) is 18.0 Å². The topological polar surface area (TPSA) is 38.8 Å². The molecule has 27 heavy (non-hydrogen) atoms. The number of nitrogens with zero attached hydrogens (tertiary/aromatic N) is 1. The second kappa shape index (κ2) is 6.65. The van der Waals surface area contributed by atoms with E-state index in [0.717, 1.165) is 16.9 Å². The number of rotatable bonds is 0. The first kappa shape index (κ1) is 20.5. The third-order valence-electron chi connectivity index (χ3n) is 5.06. The van der Waals surface area contributed by atoms with Gasteiger partial charge in [-0.15, -0.1) is 11.3 Å². The molecule has 4 nitrogen and oxygen atoms in total. The standard InChI is InChI=1S/C19H26F3NO3S/c1-11-9-18(10-12(2)23(11)16(24)26-17(3,4)5)15-13(6-7-25-18)8-14(27-15)19(20,21)22/h8,11-12H,6-7,9-10H2,1-5H3. The highest BCUT2D eigenvalue weighted by Crippen LogP contribution is 2.50. The zero-order valence-corrected chi connectivity index (χ0v) is 17.1. The molecular weight excluding hydrogens is 379 g/mol. The van der Waals surface area contributed by atoms with Crippen LogP contribution in [0.25, 0.3) is 0 Å². The molecule has 0 N–H and O–H groups in total. The smallest absolute Gasteiger partial charge is 0.425 e. The van der Waals surface area contributed by atoms with E-state index < -0.39 is 28.3 Å². The molecule has 3 heterocycles. The van der Waals surface area contributed by atoms with Crippen molar-refractivity contribution < 1.29 is 27.4 Å². The summed E-state index contributed by atoms with van der Waals surface area (Å²) in [4.78, 5) is 14.4. The van der Waals surface area contributed by atoms with Crippen LogP contribution in [0.15, 0.2) is 6.07 Å². The number of carbonyl (C=O) groups is 1. The third kappa shape index (κ3) is 3.97. The van der Waals surface area contributed by atoms with Gasteiger partial charge in [-0.25, -0.2) is 4.79 Å². The van der Waals surface area contributed by atoms with E-state index in [1.165, 1.54) is 6.07 Å². The molecule has 0 radical (unpaired) electrons. The van der Waals surface area contributed by atoms with E-state index in [2.05, 4.69) is 0 Å². The molecule has 1 spiro atoms. The van der Waals surface area contributed by atoms with Gasteiger partial charge in [0.25, 0.3) is 0 Å². The number of halogens is 3. The number of alkyl halides is 3. The summed E-state index contributed by atoms with van der Waals surface area (Å²) in [6.45, 7) is 9.63. The number of piperidine rings is 1. The predicted octanol–water partition coefficient (Wildman–Crippen LogP) is 5.34. The molecule has 2 atom stereocenters. The Labute approximate surface area is 161 Å². The summed E-state index contributed by atoms with van der Waals surface area (Å²) in [5.41, 5.74) is -0.641. The molecule has 1 aromatic heterocycles. The van der Waals surface area contributed by atoms with E-state index in [0.29, 0.717) is 30.7 Å². The number of thiophene rings is 1. The van der Waals surface area contributed by atoms with Gasteiger partial charge in [-0.1, -0.05) is 0 Å². The molecule has 1 amide bonds. The fourth-order valence-corrected chi connectivity index (χ4v) is 5.45. The van der Waals surface area contributed by atoms with Crippen LogP contribution < -0.4 is 0 Å². The highest BCUT2D eigenvalue weighted by Gasteiger charge is 2.50. The van der Waals surface area contributed by atoms with E-state index in [1.54, 1.807) is 4.90 Å². The van der Waals surface area contributed by atoms with Gasteiger partial charge in [0.15, 0.2) is 0 Å². The van der Waals surface area contributed by atoms with Crippen LogP contribution in [-0.4, -0.2) is 35.3 Å². The number of carbonyl (C=O) groups excluding carboxylic acids is 1. The maximum absolute atomic E-state index is 13.2. The number of amides is 1. The lowest BCUT2D eigenvalue weighted by Crippen LogP contribution is -2.57. The van der Waals surface area contributed by atoms with Crippen LogP contribution in [0.3, 0.4) is 0 Å². The molecule has 2 unspecified atom stereocenters.